The molecule has 11 heavy (non-hydrogen) atoms. The normalized spacial score (nSPS) is 15.5. The molecule has 0 bridgehead atoms. The van der Waals surface area contributed by atoms with Gasteiger partial charge in [-0.2, -0.15) is 0 Å². The number of hydrogen-bond acceptors (Lipinski definition) is 1. The van der Waals surface area contributed by atoms with E-state index in [0.29, 0.717) is 5.92 Å². The molecule has 1 atom stereocenters. The average molecular weight is 176 g/mol. The molecule has 1 nitrogen and oxygen atoms in total. The fourth-order valence-electron chi connectivity index (χ4n) is 0.914. The van der Waals surface area contributed by atoms with Gasteiger partial charge < -0.3 is 0 Å². The number of hydrogen-bond donors (Lipinski definition) is 0. The van der Waals surface area contributed by atoms with Crippen molar-refractivity contribution in [3.05, 3.63) is 0 Å². The van der Waals surface area contributed by atoms with E-state index in [1.54, 1.807) is 0 Å². The molecule has 0 spiro atoms. The third-order valence-electron chi connectivity index (χ3n) is 1.11. The van der Waals surface area contributed by atoms with Crippen molar-refractivity contribution in [3.8, 4) is 0 Å². The Morgan fingerprint density at radius 1 is 1.27 bits per heavy atom. The molecule has 0 aromatic rings. The van der Waals surface area contributed by atoms with E-state index >= 15 is 0 Å². The zero-order chi connectivity index (χ0) is 9.07. The van der Waals surface area contributed by atoms with Crippen LogP contribution in [0.1, 0.15) is 34.6 Å². The van der Waals surface area contributed by atoms with E-state index < -0.39 is 10.8 Å². The van der Waals surface area contributed by atoms with Crippen LogP contribution >= 0.6 is 0 Å². The Morgan fingerprint density at radius 2 is 1.73 bits per heavy atom. The highest BCUT2D eigenvalue weighted by atomic mass is 32.2. The zero-order valence-corrected chi connectivity index (χ0v) is 9.12. The Kier molecular flexibility index (Phi) is 4.30. The summed E-state index contributed by atoms with van der Waals surface area (Å²) in [7, 11) is -0.620. The van der Waals surface area contributed by atoms with E-state index in [4.69, 9.17) is 0 Å². The molecule has 0 aromatic heterocycles. The lowest BCUT2D eigenvalue weighted by Gasteiger charge is -2.17. The standard InChI is InChI=1S/C9H20OS/c1-8(2)6-11(10)7-9(3,4)5/h8H,6-7H2,1-5H3. The maximum Gasteiger partial charge on any atom is 0.0283 e. The lowest BCUT2D eigenvalue weighted by Crippen LogP contribution is -2.19. The van der Waals surface area contributed by atoms with E-state index in [2.05, 4.69) is 34.6 Å². The van der Waals surface area contributed by atoms with Crippen LogP contribution in [0.3, 0.4) is 0 Å². The Labute approximate surface area is 73.0 Å². The second kappa shape index (κ2) is 4.24. The van der Waals surface area contributed by atoms with Crippen molar-refractivity contribution in [1.82, 2.24) is 0 Å². The van der Waals surface area contributed by atoms with Gasteiger partial charge in [0.25, 0.3) is 0 Å². The van der Waals surface area contributed by atoms with Crippen molar-refractivity contribution in [1.29, 1.82) is 0 Å². The predicted octanol–water partition coefficient (Wildman–Crippen LogP) is 2.44. The Balaban J connectivity index is 3.71. The SMILES string of the molecule is CC(C)CS(=O)CC(C)(C)C. The summed E-state index contributed by atoms with van der Waals surface area (Å²) in [6.45, 7) is 10.6. The van der Waals surface area contributed by atoms with E-state index in [9.17, 15) is 4.21 Å². The first-order valence-electron chi connectivity index (χ1n) is 4.16. The molecule has 0 aliphatic rings. The summed E-state index contributed by atoms with van der Waals surface area (Å²) in [6.07, 6.45) is 0. The van der Waals surface area contributed by atoms with Crippen LogP contribution in [-0.2, 0) is 10.8 Å². The van der Waals surface area contributed by atoms with Crippen LogP contribution in [0.5, 0.6) is 0 Å². The molecule has 0 fully saturated rings. The maximum atomic E-state index is 11.4. The molecule has 2 heteroatoms. The van der Waals surface area contributed by atoms with Crippen LogP contribution in [-0.4, -0.2) is 15.7 Å². The van der Waals surface area contributed by atoms with Crippen molar-refractivity contribution < 1.29 is 4.21 Å². The molecular formula is C9H20OS. The third-order valence-corrected chi connectivity index (χ3v) is 3.34. The topological polar surface area (TPSA) is 17.1 Å². The maximum absolute atomic E-state index is 11.4. The second-order valence-electron chi connectivity index (χ2n) is 4.71. The van der Waals surface area contributed by atoms with Gasteiger partial charge in [0.2, 0.25) is 0 Å². The summed E-state index contributed by atoms with van der Waals surface area (Å²) in [5.41, 5.74) is 0.208. The van der Waals surface area contributed by atoms with Crippen molar-refractivity contribution in [3.63, 3.8) is 0 Å². The van der Waals surface area contributed by atoms with Crippen molar-refractivity contribution in [2.75, 3.05) is 11.5 Å². The summed E-state index contributed by atoms with van der Waals surface area (Å²) < 4.78 is 11.4. The minimum atomic E-state index is -0.620. The average Bonchev–Trinajstić information content (AvgIpc) is 1.53. The molecule has 0 saturated carbocycles. The largest absolute Gasteiger partial charge is 0.260 e. The summed E-state index contributed by atoms with van der Waals surface area (Å²) in [5.74, 6) is 2.22. The van der Waals surface area contributed by atoms with Gasteiger partial charge in [-0.15, -0.1) is 0 Å². The van der Waals surface area contributed by atoms with Gasteiger partial charge in [-0.1, -0.05) is 34.6 Å². The van der Waals surface area contributed by atoms with Crippen LogP contribution in [0.15, 0.2) is 0 Å². The quantitative estimate of drug-likeness (QED) is 0.645. The monoisotopic (exact) mass is 176 g/mol. The van der Waals surface area contributed by atoms with Gasteiger partial charge >= 0.3 is 0 Å². The van der Waals surface area contributed by atoms with Gasteiger partial charge in [-0.05, 0) is 11.3 Å². The molecule has 0 amide bonds. The lowest BCUT2D eigenvalue weighted by atomic mass is 10.0. The van der Waals surface area contributed by atoms with Crippen LogP contribution in [0.2, 0.25) is 0 Å². The van der Waals surface area contributed by atoms with Gasteiger partial charge in [0.15, 0.2) is 0 Å². The molecule has 0 aliphatic heterocycles. The smallest absolute Gasteiger partial charge is 0.0283 e. The van der Waals surface area contributed by atoms with Crippen LogP contribution < -0.4 is 0 Å². The highest BCUT2D eigenvalue weighted by Gasteiger charge is 2.15. The number of rotatable bonds is 3. The van der Waals surface area contributed by atoms with Gasteiger partial charge in [0.05, 0.1) is 0 Å². The Morgan fingerprint density at radius 3 is 2.00 bits per heavy atom. The van der Waals surface area contributed by atoms with Crippen LogP contribution in [0, 0.1) is 11.3 Å². The summed E-state index contributed by atoms with van der Waals surface area (Å²) >= 11 is 0. The first-order chi connectivity index (χ1) is 4.81. The van der Waals surface area contributed by atoms with Gasteiger partial charge in [0.1, 0.15) is 0 Å². The van der Waals surface area contributed by atoms with Crippen LogP contribution in [0.4, 0.5) is 0 Å². The van der Waals surface area contributed by atoms with E-state index in [1.807, 2.05) is 0 Å². The van der Waals surface area contributed by atoms with E-state index in [-0.39, 0.29) is 5.41 Å². The highest BCUT2D eigenvalue weighted by Crippen LogP contribution is 2.15. The third kappa shape index (κ3) is 8.05. The van der Waals surface area contributed by atoms with Gasteiger partial charge in [0, 0.05) is 22.3 Å². The molecule has 0 aliphatic carbocycles. The van der Waals surface area contributed by atoms with Gasteiger partial charge in [-0.3, -0.25) is 4.21 Å². The fraction of sp³-hybridized carbons (Fsp3) is 1.00. The van der Waals surface area contributed by atoms with E-state index in [0.717, 1.165) is 11.5 Å². The molecule has 68 valence electrons. The molecule has 0 rings (SSSR count). The van der Waals surface area contributed by atoms with Crippen LogP contribution in [0.25, 0.3) is 0 Å². The molecule has 0 heterocycles. The van der Waals surface area contributed by atoms with Crippen molar-refractivity contribution in [2.24, 2.45) is 11.3 Å². The summed E-state index contributed by atoms with van der Waals surface area (Å²) in [4.78, 5) is 0. The molecule has 0 aromatic carbocycles. The first-order valence-corrected chi connectivity index (χ1v) is 5.65. The minimum absolute atomic E-state index is 0.208. The first kappa shape index (κ1) is 11.2. The molecule has 1 unspecified atom stereocenters. The second-order valence-corrected chi connectivity index (χ2v) is 6.21. The molecule has 0 N–H and O–H groups in total. The minimum Gasteiger partial charge on any atom is -0.260 e. The van der Waals surface area contributed by atoms with Crippen molar-refractivity contribution in [2.45, 2.75) is 34.6 Å². The van der Waals surface area contributed by atoms with Crippen molar-refractivity contribution >= 4 is 10.8 Å². The lowest BCUT2D eigenvalue weighted by molar-refractivity contribution is 0.473. The Bertz CT molecular complexity index is 133. The molecular weight excluding hydrogens is 156 g/mol. The Hall–Kier alpha value is 0.150. The molecule has 0 radical (unpaired) electrons. The molecule has 0 saturated heterocycles. The predicted molar refractivity (Wildman–Crippen MR) is 52.2 cm³/mol. The highest BCUT2D eigenvalue weighted by molar-refractivity contribution is 7.85. The van der Waals surface area contributed by atoms with Gasteiger partial charge in [-0.25, -0.2) is 0 Å². The summed E-state index contributed by atoms with van der Waals surface area (Å²) in [5, 5.41) is 0. The van der Waals surface area contributed by atoms with E-state index in [1.165, 1.54) is 0 Å². The zero-order valence-electron chi connectivity index (χ0n) is 8.31. The summed E-state index contributed by atoms with van der Waals surface area (Å²) in [6, 6.07) is 0. The fourth-order valence-corrected chi connectivity index (χ4v) is 2.74.